The normalized spacial score (nSPS) is 12.0. The molecule has 1 atom stereocenters. The molecular formula is C19H18N2O3. The molecule has 1 unspecified atom stereocenters. The molecule has 0 aliphatic carbocycles. The van der Waals surface area contributed by atoms with E-state index in [1.165, 1.54) is 12.5 Å². The Balaban J connectivity index is 1.72. The Morgan fingerprint density at radius 3 is 2.33 bits per heavy atom. The van der Waals surface area contributed by atoms with E-state index in [0.29, 0.717) is 23.1 Å². The predicted octanol–water partition coefficient (Wildman–Crippen LogP) is 4.39. The molecule has 0 amide bonds. The first-order valence-electron chi connectivity index (χ1n) is 7.71. The number of hydrogen-bond acceptors (Lipinski definition) is 5. The number of benzene rings is 2. The van der Waals surface area contributed by atoms with Crippen molar-refractivity contribution in [2.75, 3.05) is 0 Å². The van der Waals surface area contributed by atoms with Crippen LogP contribution in [0, 0.1) is 6.92 Å². The lowest BCUT2D eigenvalue weighted by molar-refractivity contribution is 0.101. The standard InChI is InChI=1S/C19H18N2O3/c1-12-4-6-16(7-5-12)19-21-20-18(24-19)14(3)23-17-10-8-15(9-11-17)13(2)22/h4-11,14H,1-3H3. The number of aromatic nitrogens is 2. The molecule has 0 fully saturated rings. The van der Waals surface area contributed by atoms with Crippen molar-refractivity contribution in [3.05, 3.63) is 65.5 Å². The van der Waals surface area contributed by atoms with Crippen LogP contribution in [-0.2, 0) is 0 Å². The number of carbonyl (C=O) groups excluding carboxylic acids is 1. The zero-order chi connectivity index (χ0) is 17.1. The quantitative estimate of drug-likeness (QED) is 0.652. The van der Waals surface area contributed by atoms with Crippen LogP contribution in [0.2, 0.25) is 0 Å². The van der Waals surface area contributed by atoms with Gasteiger partial charge in [-0.3, -0.25) is 4.79 Å². The first-order valence-corrected chi connectivity index (χ1v) is 7.71. The molecule has 3 rings (SSSR count). The van der Waals surface area contributed by atoms with Crippen LogP contribution in [0.1, 0.15) is 41.8 Å². The fourth-order valence-corrected chi connectivity index (χ4v) is 2.23. The van der Waals surface area contributed by atoms with E-state index in [9.17, 15) is 4.79 Å². The summed E-state index contributed by atoms with van der Waals surface area (Å²) in [4.78, 5) is 11.3. The van der Waals surface area contributed by atoms with Gasteiger partial charge in [-0.2, -0.15) is 0 Å². The van der Waals surface area contributed by atoms with Crippen molar-refractivity contribution in [1.82, 2.24) is 10.2 Å². The highest BCUT2D eigenvalue weighted by molar-refractivity contribution is 5.94. The zero-order valence-corrected chi connectivity index (χ0v) is 13.8. The average molecular weight is 322 g/mol. The van der Waals surface area contributed by atoms with Crippen molar-refractivity contribution >= 4 is 5.78 Å². The Kier molecular flexibility index (Phi) is 4.42. The first kappa shape index (κ1) is 15.9. The topological polar surface area (TPSA) is 65.2 Å². The van der Waals surface area contributed by atoms with Gasteiger partial charge in [0.25, 0.3) is 5.89 Å². The summed E-state index contributed by atoms with van der Waals surface area (Å²) in [6.45, 7) is 5.39. The number of carbonyl (C=O) groups is 1. The van der Waals surface area contributed by atoms with Crippen molar-refractivity contribution in [1.29, 1.82) is 0 Å². The number of rotatable bonds is 5. The molecule has 0 bridgehead atoms. The van der Waals surface area contributed by atoms with Gasteiger partial charge < -0.3 is 9.15 Å². The Hall–Kier alpha value is -2.95. The molecule has 0 saturated carbocycles. The first-order chi connectivity index (χ1) is 11.5. The summed E-state index contributed by atoms with van der Waals surface area (Å²) in [6.07, 6.45) is -0.389. The number of aryl methyl sites for hydroxylation is 1. The molecular weight excluding hydrogens is 304 g/mol. The van der Waals surface area contributed by atoms with Crippen molar-refractivity contribution in [2.45, 2.75) is 26.9 Å². The third kappa shape index (κ3) is 3.51. The maximum Gasteiger partial charge on any atom is 0.257 e. The number of ether oxygens (including phenoxy) is 1. The van der Waals surface area contributed by atoms with Gasteiger partial charge in [0.05, 0.1) is 0 Å². The second-order valence-corrected chi connectivity index (χ2v) is 5.65. The molecule has 0 N–H and O–H groups in total. The van der Waals surface area contributed by atoms with Crippen molar-refractivity contribution in [3.8, 4) is 17.2 Å². The molecule has 5 nitrogen and oxygen atoms in total. The van der Waals surface area contributed by atoms with Crippen molar-refractivity contribution < 1.29 is 13.9 Å². The van der Waals surface area contributed by atoms with E-state index in [-0.39, 0.29) is 11.9 Å². The fraction of sp³-hybridized carbons (Fsp3) is 0.211. The molecule has 1 heterocycles. The maximum absolute atomic E-state index is 11.3. The molecule has 3 aromatic rings. The Morgan fingerprint density at radius 1 is 1.04 bits per heavy atom. The van der Waals surface area contributed by atoms with Crippen LogP contribution in [0.25, 0.3) is 11.5 Å². The highest BCUT2D eigenvalue weighted by Crippen LogP contribution is 2.24. The highest BCUT2D eigenvalue weighted by Gasteiger charge is 2.16. The number of hydrogen-bond donors (Lipinski definition) is 0. The maximum atomic E-state index is 11.3. The van der Waals surface area contributed by atoms with Crippen LogP contribution >= 0.6 is 0 Å². The molecule has 0 spiro atoms. The van der Waals surface area contributed by atoms with Gasteiger partial charge in [-0.05, 0) is 57.2 Å². The lowest BCUT2D eigenvalue weighted by Gasteiger charge is -2.11. The third-order valence-electron chi connectivity index (χ3n) is 3.66. The van der Waals surface area contributed by atoms with Gasteiger partial charge in [0.1, 0.15) is 5.75 Å². The Morgan fingerprint density at radius 2 is 1.71 bits per heavy atom. The van der Waals surface area contributed by atoms with Gasteiger partial charge >= 0.3 is 0 Å². The molecule has 0 radical (unpaired) electrons. The van der Waals surface area contributed by atoms with Crippen molar-refractivity contribution in [2.24, 2.45) is 0 Å². The minimum absolute atomic E-state index is 0.0224. The minimum Gasteiger partial charge on any atom is -0.481 e. The summed E-state index contributed by atoms with van der Waals surface area (Å²) in [6, 6.07) is 14.9. The van der Waals surface area contributed by atoms with Gasteiger partial charge in [-0.15, -0.1) is 10.2 Å². The van der Waals surface area contributed by atoms with Gasteiger partial charge in [-0.25, -0.2) is 0 Å². The lowest BCUT2D eigenvalue weighted by Crippen LogP contribution is -2.03. The summed E-state index contributed by atoms with van der Waals surface area (Å²) in [5, 5.41) is 8.14. The fourth-order valence-electron chi connectivity index (χ4n) is 2.23. The average Bonchev–Trinajstić information content (AvgIpc) is 3.06. The van der Waals surface area contributed by atoms with Crippen molar-refractivity contribution in [3.63, 3.8) is 0 Å². The smallest absolute Gasteiger partial charge is 0.257 e. The second-order valence-electron chi connectivity index (χ2n) is 5.65. The second kappa shape index (κ2) is 6.66. The zero-order valence-electron chi connectivity index (χ0n) is 13.8. The van der Waals surface area contributed by atoms with Gasteiger partial charge in [0, 0.05) is 11.1 Å². The highest BCUT2D eigenvalue weighted by atomic mass is 16.5. The van der Waals surface area contributed by atoms with E-state index >= 15 is 0 Å². The molecule has 0 aliphatic heterocycles. The van der Waals surface area contributed by atoms with E-state index < -0.39 is 0 Å². The van der Waals surface area contributed by atoms with Crippen LogP contribution in [0.3, 0.4) is 0 Å². The number of nitrogens with zero attached hydrogens (tertiary/aromatic N) is 2. The van der Waals surface area contributed by atoms with E-state index in [1.807, 2.05) is 38.1 Å². The number of ketones is 1. The molecule has 1 aromatic heterocycles. The Labute approximate surface area is 140 Å². The van der Waals surface area contributed by atoms with Crippen LogP contribution in [-0.4, -0.2) is 16.0 Å². The Bertz CT molecular complexity index is 836. The molecule has 0 aliphatic rings. The summed E-state index contributed by atoms with van der Waals surface area (Å²) < 4.78 is 11.5. The van der Waals surface area contributed by atoms with Crippen LogP contribution in [0.5, 0.6) is 5.75 Å². The van der Waals surface area contributed by atoms with E-state index in [1.54, 1.807) is 24.3 Å². The van der Waals surface area contributed by atoms with Gasteiger partial charge in [0.15, 0.2) is 11.9 Å². The summed E-state index contributed by atoms with van der Waals surface area (Å²) >= 11 is 0. The molecule has 2 aromatic carbocycles. The number of Topliss-reactive ketones (excluding diaryl/α,β-unsaturated/α-hetero) is 1. The van der Waals surface area contributed by atoms with Gasteiger partial charge in [-0.1, -0.05) is 17.7 Å². The molecule has 5 heteroatoms. The van der Waals surface area contributed by atoms with E-state index in [4.69, 9.17) is 9.15 Å². The summed E-state index contributed by atoms with van der Waals surface area (Å²) in [5.74, 6) is 1.53. The van der Waals surface area contributed by atoms with E-state index in [2.05, 4.69) is 10.2 Å². The lowest BCUT2D eigenvalue weighted by atomic mass is 10.1. The third-order valence-corrected chi connectivity index (χ3v) is 3.66. The minimum atomic E-state index is -0.389. The SMILES string of the molecule is CC(=O)c1ccc(OC(C)c2nnc(-c3ccc(C)cc3)o2)cc1. The molecule has 24 heavy (non-hydrogen) atoms. The summed E-state index contributed by atoms with van der Waals surface area (Å²) in [7, 11) is 0. The van der Waals surface area contributed by atoms with E-state index in [0.717, 1.165) is 5.56 Å². The van der Waals surface area contributed by atoms with Crippen LogP contribution in [0.4, 0.5) is 0 Å². The largest absolute Gasteiger partial charge is 0.481 e. The predicted molar refractivity (Wildman–Crippen MR) is 90.0 cm³/mol. The monoisotopic (exact) mass is 322 g/mol. The molecule has 122 valence electrons. The summed E-state index contributed by atoms with van der Waals surface area (Å²) in [5.41, 5.74) is 2.69. The van der Waals surface area contributed by atoms with Crippen LogP contribution in [0.15, 0.2) is 52.9 Å². The van der Waals surface area contributed by atoms with Gasteiger partial charge in [0.2, 0.25) is 5.89 Å². The van der Waals surface area contributed by atoms with Crippen LogP contribution < -0.4 is 4.74 Å². The molecule has 0 saturated heterocycles.